The molecule has 1 aromatic rings. The molecule has 152 valence electrons. The van der Waals surface area contributed by atoms with Crippen LogP contribution < -0.4 is 10.0 Å². The highest BCUT2D eigenvalue weighted by Gasteiger charge is 2.29. The third-order valence-electron chi connectivity index (χ3n) is 5.19. The van der Waals surface area contributed by atoms with E-state index in [2.05, 4.69) is 22.2 Å². The Kier molecular flexibility index (Phi) is 9.12. The number of hydrogen-bond donors (Lipinski definition) is 2. The first-order valence-corrected chi connectivity index (χ1v) is 12.5. The van der Waals surface area contributed by atoms with E-state index in [1.54, 1.807) is 6.92 Å². The van der Waals surface area contributed by atoms with Crippen LogP contribution in [0.15, 0.2) is 30.3 Å². The molecule has 0 radical (unpaired) electrons. The third-order valence-corrected chi connectivity index (χ3v) is 8.28. The number of rotatable bonds is 10. The van der Waals surface area contributed by atoms with Crippen molar-refractivity contribution >= 4 is 27.7 Å². The maximum Gasteiger partial charge on any atom is 0.223 e. The Morgan fingerprint density at radius 2 is 1.85 bits per heavy atom. The fraction of sp³-hybridized carbons (Fsp3) is 0.650. The molecule has 0 spiro atoms. The van der Waals surface area contributed by atoms with Gasteiger partial charge in [0.25, 0.3) is 0 Å². The van der Waals surface area contributed by atoms with E-state index < -0.39 is 10.0 Å². The van der Waals surface area contributed by atoms with Crippen molar-refractivity contribution in [3.63, 3.8) is 0 Å². The molecule has 0 saturated heterocycles. The molecular weight excluding hydrogens is 380 g/mol. The lowest BCUT2D eigenvalue weighted by molar-refractivity contribution is -0.125. The summed E-state index contributed by atoms with van der Waals surface area (Å²) in [5.41, 5.74) is 1.30. The molecule has 0 bridgehead atoms. The van der Waals surface area contributed by atoms with Crippen LogP contribution in [0.1, 0.15) is 51.5 Å². The highest BCUT2D eigenvalue weighted by Crippen LogP contribution is 2.25. The molecule has 7 heteroatoms. The van der Waals surface area contributed by atoms with E-state index >= 15 is 0 Å². The molecule has 0 aromatic heterocycles. The molecular formula is C20H32N2O3S2. The lowest BCUT2D eigenvalue weighted by atomic mass is 9.86. The van der Waals surface area contributed by atoms with Crippen molar-refractivity contribution in [3.05, 3.63) is 35.9 Å². The molecule has 0 heterocycles. The van der Waals surface area contributed by atoms with Gasteiger partial charge in [0.15, 0.2) is 0 Å². The Labute approximate surface area is 168 Å². The molecule has 2 N–H and O–H groups in total. The summed E-state index contributed by atoms with van der Waals surface area (Å²) >= 11 is 1.82. The van der Waals surface area contributed by atoms with E-state index in [4.69, 9.17) is 0 Å². The van der Waals surface area contributed by atoms with Crippen LogP contribution in [0.4, 0.5) is 0 Å². The molecule has 1 aliphatic rings. The monoisotopic (exact) mass is 412 g/mol. The summed E-state index contributed by atoms with van der Waals surface area (Å²) in [6.45, 7) is 4.29. The van der Waals surface area contributed by atoms with Crippen LogP contribution >= 0.6 is 11.8 Å². The lowest BCUT2D eigenvalue weighted by Gasteiger charge is -2.29. The molecule has 2 rings (SSSR count). The zero-order valence-corrected chi connectivity index (χ0v) is 17.9. The summed E-state index contributed by atoms with van der Waals surface area (Å²) in [5, 5.41) is 2.66. The summed E-state index contributed by atoms with van der Waals surface area (Å²) in [6.07, 6.45) is 3.57. The topological polar surface area (TPSA) is 75.3 Å². The SMILES string of the molecule is CCC(C)S(=O)(=O)NC1CCC(C(=O)NCCSCc2ccccc2)CC1. The number of sulfonamides is 1. The highest BCUT2D eigenvalue weighted by molar-refractivity contribution is 7.98. The first-order chi connectivity index (χ1) is 12.9. The number of thioether (sulfide) groups is 1. The Morgan fingerprint density at radius 1 is 1.19 bits per heavy atom. The van der Waals surface area contributed by atoms with Gasteiger partial charge in [-0.3, -0.25) is 4.79 Å². The molecule has 1 saturated carbocycles. The van der Waals surface area contributed by atoms with Gasteiger partial charge in [0.1, 0.15) is 0 Å². The van der Waals surface area contributed by atoms with Gasteiger partial charge in [-0.25, -0.2) is 13.1 Å². The quantitative estimate of drug-likeness (QED) is 0.578. The van der Waals surface area contributed by atoms with Crippen LogP contribution in [-0.4, -0.2) is 37.9 Å². The van der Waals surface area contributed by atoms with Gasteiger partial charge in [-0.1, -0.05) is 37.3 Å². The largest absolute Gasteiger partial charge is 0.355 e. The Balaban J connectivity index is 1.62. The van der Waals surface area contributed by atoms with Crippen molar-refractivity contribution in [2.45, 2.75) is 63.0 Å². The van der Waals surface area contributed by atoms with E-state index in [-0.39, 0.29) is 23.1 Å². The Hall–Kier alpha value is -1.05. The molecule has 1 amide bonds. The lowest BCUT2D eigenvalue weighted by Crippen LogP contribution is -2.43. The van der Waals surface area contributed by atoms with Gasteiger partial charge in [-0.2, -0.15) is 11.8 Å². The fourth-order valence-corrected chi connectivity index (χ4v) is 5.39. The van der Waals surface area contributed by atoms with Crippen molar-refractivity contribution in [3.8, 4) is 0 Å². The van der Waals surface area contributed by atoms with Crippen molar-refractivity contribution in [2.75, 3.05) is 12.3 Å². The van der Waals surface area contributed by atoms with Crippen molar-refractivity contribution in [1.29, 1.82) is 0 Å². The van der Waals surface area contributed by atoms with Gasteiger partial charge in [-0.05, 0) is 44.6 Å². The Bertz CT molecular complexity index is 672. The minimum Gasteiger partial charge on any atom is -0.355 e. The standard InChI is InChI=1S/C20H32N2O3S2/c1-3-16(2)27(24,25)22-19-11-9-18(10-12-19)20(23)21-13-14-26-15-17-7-5-4-6-8-17/h4-8,16,18-19,22H,3,9-15H2,1-2H3,(H,21,23). The number of carbonyl (C=O) groups is 1. The molecule has 1 unspecified atom stereocenters. The van der Waals surface area contributed by atoms with Crippen molar-refractivity contribution in [1.82, 2.24) is 10.0 Å². The maximum atomic E-state index is 12.3. The first-order valence-electron chi connectivity index (χ1n) is 9.83. The molecule has 1 aromatic carbocycles. The summed E-state index contributed by atoms with van der Waals surface area (Å²) in [7, 11) is -3.24. The van der Waals surface area contributed by atoms with Gasteiger partial charge < -0.3 is 5.32 Å². The average molecular weight is 413 g/mol. The molecule has 5 nitrogen and oxygen atoms in total. The zero-order valence-electron chi connectivity index (χ0n) is 16.3. The van der Waals surface area contributed by atoms with Crippen LogP contribution in [0.3, 0.4) is 0 Å². The molecule has 0 aliphatic heterocycles. The predicted molar refractivity (Wildman–Crippen MR) is 113 cm³/mol. The molecule has 1 aliphatic carbocycles. The summed E-state index contributed by atoms with van der Waals surface area (Å²) < 4.78 is 27.1. The van der Waals surface area contributed by atoms with E-state index in [9.17, 15) is 13.2 Å². The highest BCUT2D eigenvalue weighted by atomic mass is 32.2. The van der Waals surface area contributed by atoms with Gasteiger partial charge in [-0.15, -0.1) is 0 Å². The normalized spacial score (nSPS) is 21.6. The van der Waals surface area contributed by atoms with Crippen LogP contribution in [-0.2, 0) is 20.6 Å². The van der Waals surface area contributed by atoms with Crippen LogP contribution in [0, 0.1) is 5.92 Å². The minimum absolute atomic E-state index is 0.00785. The zero-order chi connectivity index (χ0) is 19.7. The maximum absolute atomic E-state index is 12.3. The van der Waals surface area contributed by atoms with Crippen LogP contribution in [0.25, 0.3) is 0 Å². The molecule has 1 fully saturated rings. The Morgan fingerprint density at radius 3 is 2.48 bits per heavy atom. The summed E-state index contributed by atoms with van der Waals surface area (Å²) in [6, 6.07) is 10.3. The van der Waals surface area contributed by atoms with Crippen LogP contribution in [0.2, 0.25) is 0 Å². The second-order valence-electron chi connectivity index (χ2n) is 7.26. The van der Waals surface area contributed by atoms with Gasteiger partial charge >= 0.3 is 0 Å². The second kappa shape index (κ2) is 11.1. The van der Waals surface area contributed by atoms with Gasteiger partial charge in [0.2, 0.25) is 15.9 Å². The smallest absolute Gasteiger partial charge is 0.223 e. The van der Waals surface area contributed by atoms with E-state index in [1.165, 1.54) is 5.56 Å². The third kappa shape index (κ3) is 7.47. The second-order valence-corrected chi connectivity index (χ2v) is 10.5. The average Bonchev–Trinajstić information content (AvgIpc) is 2.68. The van der Waals surface area contributed by atoms with Crippen LogP contribution in [0.5, 0.6) is 0 Å². The summed E-state index contributed by atoms with van der Waals surface area (Å²) in [4.78, 5) is 12.3. The number of amides is 1. The predicted octanol–water partition coefficient (Wildman–Crippen LogP) is 3.31. The summed E-state index contributed by atoms with van der Waals surface area (Å²) in [5.74, 6) is 1.97. The number of hydrogen-bond acceptors (Lipinski definition) is 4. The minimum atomic E-state index is -3.24. The first kappa shape index (κ1) is 22.2. The van der Waals surface area contributed by atoms with E-state index in [0.29, 0.717) is 13.0 Å². The number of carbonyl (C=O) groups excluding carboxylic acids is 1. The van der Waals surface area contributed by atoms with Gasteiger partial charge in [0.05, 0.1) is 5.25 Å². The van der Waals surface area contributed by atoms with E-state index in [0.717, 1.165) is 37.2 Å². The van der Waals surface area contributed by atoms with Gasteiger partial charge in [0, 0.05) is 30.0 Å². The van der Waals surface area contributed by atoms with Crippen molar-refractivity contribution in [2.24, 2.45) is 5.92 Å². The fourth-order valence-electron chi connectivity index (χ4n) is 3.20. The van der Waals surface area contributed by atoms with Crippen molar-refractivity contribution < 1.29 is 13.2 Å². The molecule has 27 heavy (non-hydrogen) atoms. The molecule has 1 atom stereocenters. The number of nitrogens with one attached hydrogen (secondary N) is 2. The van der Waals surface area contributed by atoms with E-state index in [1.807, 2.05) is 36.9 Å². The number of benzene rings is 1.